The van der Waals surface area contributed by atoms with Crippen LogP contribution in [0.3, 0.4) is 0 Å². The van der Waals surface area contributed by atoms with Gasteiger partial charge in [0.15, 0.2) is 0 Å². The molecule has 86 valence electrons. The van der Waals surface area contributed by atoms with Gasteiger partial charge in [0.25, 0.3) is 0 Å². The van der Waals surface area contributed by atoms with Crippen LogP contribution in [0.4, 0.5) is 0 Å². The van der Waals surface area contributed by atoms with Gasteiger partial charge in [0.05, 0.1) is 4.83 Å². The summed E-state index contributed by atoms with van der Waals surface area (Å²) in [6.07, 6.45) is 2.84. The minimum absolute atomic E-state index is 0.0578. The molecule has 0 spiro atoms. The molecule has 0 aromatic heterocycles. The van der Waals surface area contributed by atoms with Crippen molar-refractivity contribution in [2.45, 2.75) is 30.1 Å². The van der Waals surface area contributed by atoms with E-state index in [0.29, 0.717) is 17.5 Å². The number of rotatable bonds is 4. The average Bonchev–Trinajstić information content (AvgIpc) is 3.05. The number of amides is 1. The predicted molar refractivity (Wildman–Crippen MR) is 69.0 cm³/mol. The first kappa shape index (κ1) is 11.9. The lowest BCUT2D eigenvalue weighted by Gasteiger charge is -2.11. The van der Waals surface area contributed by atoms with Crippen LogP contribution >= 0.6 is 27.5 Å². The molecule has 2 rings (SSSR count). The zero-order valence-corrected chi connectivity index (χ0v) is 11.1. The summed E-state index contributed by atoms with van der Waals surface area (Å²) in [5.41, 5.74) is 0.997. The molecular formula is C12H13BrClNO. The van der Waals surface area contributed by atoms with E-state index in [1.165, 1.54) is 0 Å². The molecule has 0 bridgehead atoms. The van der Waals surface area contributed by atoms with Crippen LogP contribution in [0.5, 0.6) is 0 Å². The van der Waals surface area contributed by atoms with Crippen molar-refractivity contribution in [3.63, 3.8) is 0 Å². The standard InChI is InChI=1S/C12H13BrClNO/c13-10(12(16)15-9-5-6-9)7-8-3-1-2-4-11(8)14/h1-4,9-10H,5-7H2,(H,15,16). The first-order valence-corrected chi connectivity index (χ1v) is 6.64. The van der Waals surface area contributed by atoms with E-state index in [1.54, 1.807) is 0 Å². The molecule has 4 heteroatoms. The molecule has 1 aliphatic rings. The van der Waals surface area contributed by atoms with E-state index in [9.17, 15) is 4.79 Å². The maximum absolute atomic E-state index is 11.7. The maximum atomic E-state index is 11.7. The second-order valence-corrected chi connectivity index (χ2v) is 5.56. The first-order valence-electron chi connectivity index (χ1n) is 5.34. The molecule has 1 atom stereocenters. The van der Waals surface area contributed by atoms with Crippen molar-refractivity contribution >= 4 is 33.4 Å². The molecule has 1 aromatic carbocycles. The van der Waals surface area contributed by atoms with Gasteiger partial charge in [-0.3, -0.25) is 4.79 Å². The summed E-state index contributed by atoms with van der Waals surface area (Å²) < 4.78 is 0. The lowest BCUT2D eigenvalue weighted by molar-refractivity contribution is -0.120. The van der Waals surface area contributed by atoms with Gasteiger partial charge in [-0.25, -0.2) is 0 Å². The summed E-state index contributed by atoms with van der Waals surface area (Å²) in [5, 5.41) is 3.68. The minimum Gasteiger partial charge on any atom is -0.352 e. The van der Waals surface area contributed by atoms with E-state index >= 15 is 0 Å². The summed E-state index contributed by atoms with van der Waals surface area (Å²) in [4.78, 5) is 11.5. The van der Waals surface area contributed by atoms with Crippen molar-refractivity contribution < 1.29 is 4.79 Å². The Morgan fingerprint density at radius 2 is 2.19 bits per heavy atom. The van der Waals surface area contributed by atoms with Gasteiger partial charge in [0.2, 0.25) is 5.91 Å². The highest BCUT2D eigenvalue weighted by molar-refractivity contribution is 9.10. The number of alkyl halides is 1. The number of benzene rings is 1. The molecule has 1 fully saturated rings. The Labute approximate surface area is 108 Å². The number of carbonyl (C=O) groups is 1. The van der Waals surface area contributed by atoms with Crippen LogP contribution in [-0.4, -0.2) is 16.8 Å². The molecular weight excluding hydrogens is 289 g/mol. The monoisotopic (exact) mass is 301 g/mol. The summed E-state index contributed by atoms with van der Waals surface area (Å²) in [5.74, 6) is 0.0578. The number of hydrogen-bond donors (Lipinski definition) is 1. The Morgan fingerprint density at radius 1 is 1.50 bits per heavy atom. The Balaban J connectivity index is 1.92. The van der Waals surface area contributed by atoms with Crippen LogP contribution in [-0.2, 0) is 11.2 Å². The lowest BCUT2D eigenvalue weighted by atomic mass is 10.1. The normalized spacial score (nSPS) is 16.9. The van der Waals surface area contributed by atoms with Crippen molar-refractivity contribution in [3.05, 3.63) is 34.9 Å². The largest absolute Gasteiger partial charge is 0.352 e. The van der Waals surface area contributed by atoms with Crippen LogP contribution in [0.25, 0.3) is 0 Å². The molecule has 0 saturated heterocycles. The molecule has 16 heavy (non-hydrogen) atoms. The van der Waals surface area contributed by atoms with E-state index in [-0.39, 0.29) is 10.7 Å². The Bertz CT molecular complexity index is 392. The van der Waals surface area contributed by atoms with Crippen molar-refractivity contribution in [1.82, 2.24) is 5.32 Å². The third-order valence-electron chi connectivity index (χ3n) is 2.57. The smallest absolute Gasteiger partial charge is 0.234 e. The van der Waals surface area contributed by atoms with Crippen molar-refractivity contribution in [2.24, 2.45) is 0 Å². The van der Waals surface area contributed by atoms with Crippen LogP contribution in [0, 0.1) is 0 Å². The van der Waals surface area contributed by atoms with Gasteiger partial charge in [0, 0.05) is 11.1 Å². The minimum atomic E-state index is -0.201. The fourth-order valence-corrected chi connectivity index (χ4v) is 2.16. The van der Waals surface area contributed by atoms with Gasteiger partial charge in [-0.05, 0) is 30.9 Å². The van der Waals surface area contributed by atoms with Crippen LogP contribution in [0.15, 0.2) is 24.3 Å². The molecule has 0 aliphatic heterocycles. The fraction of sp³-hybridized carbons (Fsp3) is 0.417. The molecule has 1 aliphatic carbocycles. The zero-order valence-electron chi connectivity index (χ0n) is 8.75. The second-order valence-electron chi connectivity index (χ2n) is 4.05. The lowest BCUT2D eigenvalue weighted by Crippen LogP contribution is -2.33. The SMILES string of the molecule is O=C(NC1CC1)C(Br)Cc1ccccc1Cl. The Kier molecular flexibility index (Phi) is 3.87. The third kappa shape index (κ3) is 3.22. The Morgan fingerprint density at radius 3 is 2.81 bits per heavy atom. The van der Waals surface area contributed by atoms with Gasteiger partial charge in [-0.1, -0.05) is 45.7 Å². The van der Waals surface area contributed by atoms with Crippen molar-refractivity contribution in [3.8, 4) is 0 Å². The third-order valence-corrected chi connectivity index (χ3v) is 3.67. The fourth-order valence-electron chi connectivity index (χ4n) is 1.47. The Hall–Kier alpha value is -0.540. The topological polar surface area (TPSA) is 29.1 Å². The van der Waals surface area contributed by atoms with Gasteiger partial charge < -0.3 is 5.32 Å². The van der Waals surface area contributed by atoms with Gasteiger partial charge in [-0.2, -0.15) is 0 Å². The summed E-state index contributed by atoms with van der Waals surface area (Å²) in [6.45, 7) is 0. The molecule has 1 unspecified atom stereocenters. The van der Waals surface area contributed by atoms with Crippen LogP contribution in [0.2, 0.25) is 5.02 Å². The summed E-state index contributed by atoms with van der Waals surface area (Å²) >= 11 is 9.44. The quantitative estimate of drug-likeness (QED) is 0.851. The highest BCUT2D eigenvalue weighted by atomic mass is 79.9. The maximum Gasteiger partial charge on any atom is 0.234 e. The highest BCUT2D eigenvalue weighted by Gasteiger charge is 2.26. The van der Waals surface area contributed by atoms with E-state index in [0.717, 1.165) is 18.4 Å². The number of halogens is 2. The molecule has 0 radical (unpaired) electrons. The molecule has 1 aromatic rings. The number of carbonyl (C=O) groups excluding carboxylic acids is 1. The second kappa shape index (κ2) is 5.19. The molecule has 1 saturated carbocycles. The average molecular weight is 303 g/mol. The van der Waals surface area contributed by atoms with E-state index < -0.39 is 0 Å². The van der Waals surface area contributed by atoms with E-state index in [1.807, 2.05) is 24.3 Å². The van der Waals surface area contributed by atoms with Crippen LogP contribution < -0.4 is 5.32 Å². The zero-order chi connectivity index (χ0) is 11.5. The summed E-state index contributed by atoms with van der Waals surface area (Å²) in [7, 11) is 0. The van der Waals surface area contributed by atoms with Gasteiger partial charge >= 0.3 is 0 Å². The van der Waals surface area contributed by atoms with Gasteiger partial charge in [-0.15, -0.1) is 0 Å². The summed E-state index contributed by atoms with van der Waals surface area (Å²) in [6, 6.07) is 8.01. The van der Waals surface area contributed by atoms with Crippen molar-refractivity contribution in [1.29, 1.82) is 0 Å². The first-order chi connectivity index (χ1) is 7.66. The van der Waals surface area contributed by atoms with Gasteiger partial charge in [0.1, 0.15) is 0 Å². The predicted octanol–water partition coefficient (Wildman–Crippen LogP) is 2.92. The van der Waals surface area contributed by atoms with E-state index in [4.69, 9.17) is 11.6 Å². The van der Waals surface area contributed by atoms with E-state index in [2.05, 4.69) is 21.2 Å². The highest BCUT2D eigenvalue weighted by Crippen LogP contribution is 2.22. The molecule has 1 amide bonds. The van der Waals surface area contributed by atoms with Crippen molar-refractivity contribution in [2.75, 3.05) is 0 Å². The molecule has 2 nitrogen and oxygen atoms in total. The number of nitrogens with one attached hydrogen (secondary N) is 1. The molecule has 0 heterocycles. The van der Waals surface area contributed by atoms with Crippen LogP contribution in [0.1, 0.15) is 18.4 Å². The number of hydrogen-bond acceptors (Lipinski definition) is 1. The molecule has 1 N–H and O–H groups in total.